The van der Waals surface area contributed by atoms with Crippen molar-refractivity contribution in [1.82, 2.24) is 48.6 Å². The maximum atomic E-state index is 6.62. The first kappa shape index (κ1) is 82.6. The molecule has 672 valence electrons. The smallest absolute Gasteiger partial charge is 0.238 e. The lowest BCUT2D eigenvalue weighted by molar-refractivity contribution is 0.670. The third-order valence-electron chi connectivity index (χ3n) is 28.2. The molecule has 0 saturated carbocycles. The van der Waals surface area contributed by atoms with Crippen LogP contribution < -0.4 is 0 Å². The van der Waals surface area contributed by atoms with Crippen LogP contribution in [-0.2, 0) is 0 Å². The zero-order valence-electron chi connectivity index (χ0n) is 76.9. The van der Waals surface area contributed by atoms with Crippen LogP contribution in [0.1, 0.15) is 0 Å². The average molecular weight is 1890 g/mol. The number of nitrogens with zero attached hydrogens (tertiary/aromatic N) is 10. The quantitative estimate of drug-likeness (QED) is 0.124. The molecule has 0 unspecified atom stereocenters. The van der Waals surface area contributed by atoms with Crippen molar-refractivity contribution in [2.75, 3.05) is 0 Å². The summed E-state index contributed by atoms with van der Waals surface area (Å²) in [5.41, 5.74) is 25.8. The van der Waals surface area contributed by atoms with Crippen LogP contribution in [0.2, 0.25) is 0 Å². The molecule has 0 amide bonds. The lowest BCUT2D eigenvalue weighted by Gasteiger charge is -2.12. The first-order valence-electron chi connectivity index (χ1n) is 48.1. The highest BCUT2D eigenvalue weighted by Crippen LogP contribution is 2.51. The summed E-state index contributed by atoms with van der Waals surface area (Å²) in [6.45, 7) is 0. The number of fused-ring (bicyclic) bond motifs is 28. The highest BCUT2D eigenvalue weighted by Gasteiger charge is 2.28. The predicted octanol–water partition coefficient (Wildman–Crippen LogP) is 35.5. The van der Waals surface area contributed by atoms with E-state index < -0.39 is 0 Å². The fourth-order valence-corrected chi connectivity index (χ4v) is 25.3. The number of hydrogen-bond donors (Lipinski definition) is 0. The topological polar surface area (TPSA) is 131 Å². The molecule has 0 aliphatic heterocycles. The Hall–Kier alpha value is -18.5. The van der Waals surface area contributed by atoms with Crippen LogP contribution in [0.4, 0.5) is 0 Å². The van der Waals surface area contributed by atoms with Gasteiger partial charge in [-0.25, -0.2) is 24.9 Å². The summed E-state index contributed by atoms with van der Waals surface area (Å²) in [5, 5.41) is 20.2. The van der Waals surface area contributed by atoms with E-state index >= 15 is 0 Å². The minimum atomic E-state index is 0.600. The molecule has 12 nitrogen and oxygen atoms in total. The summed E-state index contributed by atoms with van der Waals surface area (Å²) in [6, 6.07) is 160. The summed E-state index contributed by atoms with van der Waals surface area (Å²) < 4.78 is 27.5. The van der Waals surface area contributed by atoms with E-state index in [1.54, 1.807) is 0 Å². The van der Waals surface area contributed by atoms with Crippen LogP contribution in [0.15, 0.2) is 470 Å². The van der Waals surface area contributed by atoms with Gasteiger partial charge in [-0.05, 0) is 130 Å². The van der Waals surface area contributed by atoms with Crippen molar-refractivity contribution in [2.24, 2.45) is 0 Å². The van der Waals surface area contributed by atoms with Gasteiger partial charge in [-0.2, -0.15) is 9.97 Å². The molecular formula is C129H76N10O2S3. The molecule has 0 atom stereocenters. The number of furan rings is 2. The number of aromatic nitrogens is 10. The largest absolute Gasteiger partial charge is 0.455 e. The van der Waals surface area contributed by atoms with Gasteiger partial charge in [0.15, 0.2) is 11.6 Å². The molecule has 31 aromatic rings. The second-order valence-corrected chi connectivity index (χ2v) is 39.5. The van der Waals surface area contributed by atoms with E-state index in [-0.39, 0.29) is 0 Å². The van der Waals surface area contributed by atoms with Crippen LogP contribution in [0.25, 0.3) is 288 Å². The second-order valence-electron chi connectivity index (χ2n) is 36.4. The van der Waals surface area contributed by atoms with Gasteiger partial charge in [0.2, 0.25) is 17.8 Å². The van der Waals surface area contributed by atoms with Gasteiger partial charge >= 0.3 is 0 Å². The minimum absolute atomic E-state index is 0.600. The van der Waals surface area contributed by atoms with E-state index in [0.29, 0.717) is 29.5 Å². The SMILES string of the molecule is c1ccc(-c2ccc(-c3ccc(-c4ccnc(-n5c6ccccc6c6c7sc8ccccc8c7ccc65)n4)cc3)cc2)cc1.c1ccc(-c2nc(-c3ccccc3)nc(-n3c4ccc(-c5cccc6c5sc5ccccc56)cc4c4c5sc6ccccc6c5ccc43)n2)cc1.c1ccc(-c2nc(-n3c4cc(-c5cccc6c5oc5ccccc56)ccc4c4c5oc6ccccc6c5ccc43)nc3ccccc23)cc1. The molecule has 0 bridgehead atoms. The molecule has 144 heavy (non-hydrogen) atoms. The first-order chi connectivity index (χ1) is 71.4. The molecule has 0 fully saturated rings. The number of benzene rings is 20. The molecule has 31 rings (SSSR count). The van der Waals surface area contributed by atoms with Gasteiger partial charge in [0, 0.05) is 148 Å². The van der Waals surface area contributed by atoms with Crippen LogP contribution in [0.3, 0.4) is 0 Å². The van der Waals surface area contributed by atoms with Crippen molar-refractivity contribution in [3.05, 3.63) is 461 Å². The van der Waals surface area contributed by atoms with Gasteiger partial charge in [-0.15, -0.1) is 34.0 Å². The predicted molar refractivity (Wildman–Crippen MR) is 601 cm³/mol. The van der Waals surface area contributed by atoms with Crippen molar-refractivity contribution in [2.45, 2.75) is 0 Å². The minimum Gasteiger partial charge on any atom is -0.455 e. The highest BCUT2D eigenvalue weighted by molar-refractivity contribution is 7.27. The van der Waals surface area contributed by atoms with E-state index in [2.05, 4.69) is 378 Å². The number of thiophene rings is 3. The molecule has 15 heteroatoms. The molecule has 20 aromatic carbocycles. The average Bonchev–Trinajstić information content (AvgIpc) is 1.45. The molecule has 0 aliphatic carbocycles. The van der Waals surface area contributed by atoms with Crippen molar-refractivity contribution in [3.8, 4) is 108 Å². The van der Waals surface area contributed by atoms with Gasteiger partial charge < -0.3 is 8.83 Å². The van der Waals surface area contributed by atoms with E-state index in [1.807, 2.05) is 131 Å². The van der Waals surface area contributed by atoms with Gasteiger partial charge in [0.25, 0.3) is 0 Å². The van der Waals surface area contributed by atoms with Crippen LogP contribution in [0.5, 0.6) is 0 Å². The zero-order valence-corrected chi connectivity index (χ0v) is 79.3. The molecule has 0 aliphatic rings. The first-order valence-corrected chi connectivity index (χ1v) is 50.6. The van der Waals surface area contributed by atoms with E-state index in [0.717, 1.165) is 143 Å². The van der Waals surface area contributed by atoms with Crippen molar-refractivity contribution in [3.63, 3.8) is 0 Å². The monoisotopic (exact) mass is 1890 g/mol. The fraction of sp³-hybridized carbons (Fsp3) is 0. The third kappa shape index (κ3) is 13.6. The third-order valence-corrected chi connectivity index (χ3v) is 31.9. The molecule has 0 radical (unpaired) electrons. The van der Waals surface area contributed by atoms with Crippen LogP contribution >= 0.6 is 34.0 Å². The summed E-state index contributed by atoms with van der Waals surface area (Å²) in [6.07, 6.45) is 1.87. The number of rotatable bonds is 11. The van der Waals surface area contributed by atoms with Gasteiger partial charge in [-0.3, -0.25) is 13.7 Å². The van der Waals surface area contributed by atoms with Crippen molar-refractivity contribution < 1.29 is 8.83 Å². The Balaban J connectivity index is 0.000000103. The Bertz CT molecular complexity index is 10600. The Kier molecular flexibility index (Phi) is 19.3. The van der Waals surface area contributed by atoms with Crippen molar-refractivity contribution in [1.29, 1.82) is 0 Å². The van der Waals surface area contributed by atoms with Crippen LogP contribution in [0, 0.1) is 0 Å². The van der Waals surface area contributed by atoms with E-state index in [9.17, 15) is 0 Å². The van der Waals surface area contributed by atoms with Crippen molar-refractivity contribution >= 4 is 215 Å². The van der Waals surface area contributed by atoms with Crippen LogP contribution in [-0.4, -0.2) is 48.6 Å². The highest BCUT2D eigenvalue weighted by atomic mass is 32.1. The Morgan fingerprint density at radius 2 is 0.597 bits per heavy atom. The summed E-state index contributed by atoms with van der Waals surface area (Å²) in [5.74, 6) is 3.17. The molecule has 0 spiro atoms. The number of hydrogen-bond acceptors (Lipinski definition) is 12. The molecule has 0 N–H and O–H groups in total. The summed E-state index contributed by atoms with van der Waals surface area (Å²) in [4.78, 5) is 35.8. The Labute approximate surface area is 834 Å². The van der Waals surface area contributed by atoms with Gasteiger partial charge in [-0.1, -0.05) is 364 Å². The Morgan fingerprint density at radius 1 is 0.201 bits per heavy atom. The maximum Gasteiger partial charge on any atom is 0.238 e. The van der Waals surface area contributed by atoms with Gasteiger partial charge in [0.1, 0.15) is 22.3 Å². The lowest BCUT2D eigenvalue weighted by Crippen LogP contribution is -2.06. The lowest BCUT2D eigenvalue weighted by atomic mass is 9.99. The van der Waals surface area contributed by atoms with E-state index in [4.69, 9.17) is 43.7 Å². The standard InChI is InChI=1S/C45H26N4S2.C44H25N3O2.C40H25N3S/c1-3-12-27(13-4-1)43-46-44(28-14-5-2-6-15-28)48-45(47-43)49-36-24-22-29(30-18-11-19-33-31-16-7-9-20-38(31)50-41(30)33)26-35(36)40-37(49)25-23-34-32-17-8-10-21-39(32)51-42(34)40;1-2-11-26(12-3-1)41-33-15-4-7-18-35(33)45-44(46-41)47-36-24-23-32-30-14-6-9-20-39(30)49-43(32)40(36)34-22-21-27(25-37(34)47)28-16-10-17-31-29-13-5-8-19-38(29)48-42(28)31;1-2-8-26(9-3-1)27-14-16-28(17-15-27)29-18-20-30(21-19-29)34-24-25-41-40(42-34)43-35-12-6-4-11-33(35)38-36(43)23-22-32-31-10-5-7-13-37(31)44-39(32)38/h1-26H;1-25H;1-25H. The zero-order chi connectivity index (χ0) is 94.6. The molecule has 0 saturated heterocycles. The summed E-state index contributed by atoms with van der Waals surface area (Å²) >= 11 is 5.59. The summed E-state index contributed by atoms with van der Waals surface area (Å²) in [7, 11) is 0. The normalized spacial score (nSPS) is 11.9. The molecule has 11 heterocycles. The Morgan fingerprint density at radius 3 is 1.22 bits per heavy atom. The second kappa shape index (κ2) is 33.7. The number of para-hydroxylation sites is 5. The molecule has 11 aromatic heterocycles. The van der Waals surface area contributed by atoms with Gasteiger partial charge in [0.05, 0.1) is 55.4 Å². The fourth-order valence-electron chi connectivity index (χ4n) is 21.5. The van der Waals surface area contributed by atoms with E-state index in [1.165, 1.54) is 115 Å². The maximum absolute atomic E-state index is 6.62. The molecular weight excluding hydrogens is 1820 g/mol.